The maximum Gasteiger partial charge on any atom is 0.451 e. The van der Waals surface area contributed by atoms with Gasteiger partial charge in [0.1, 0.15) is 0 Å². The van der Waals surface area contributed by atoms with Crippen LogP contribution < -0.4 is 0 Å². The Bertz CT molecular complexity index is 931. The van der Waals surface area contributed by atoms with Crippen LogP contribution in [0.15, 0.2) is 0 Å². The molecule has 0 unspecified atom stereocenters. The first kappa shape index (κ1) is 31.6. The molecule has 0 atom stereocenters. The number of halogens is 8. The number of hydrogen-bond acceptors (Lipinski definition) is 8. The van der Waals surface area contributed by atoms with Crippen LogP contribution in [0.4, 0.5) is 34.1 Å². The molecule has 0 spiro atoms. The van der Waals surface area contributed by atoms with Gasteiger partial charge in [-0.15, -0.1) is 0 Å². The normalized spacial score (nSPS) is 12.8. The Morgan fingerprint density at radius 1 is 0.588 bits per heavy atom. The first-order valence-corrected chi connectivity index (χ1v) is 11.5. The van der Waals surface area contributed by atoms with Gasteiger partial charge < -0.3 is 0 Å². The molecule has 0 saturated heterocycles. The Morgan fingerprint density at radius 3 is 1.15 bits per heavy atom. The zero-order valence-corrected chi connectivity index (χ0v) is 18.3. The fraction of sp³-hybridized carbons (Fsp3) is 0.714. The van der Waals surface area contributed by atoms with E-state index in [2.05, 4.69) is 0 Å². The molecular weight excluding hydrogens is 540 g/mol. The molecule has 10 nitrogen and oxygen atoms in total. The second kappa shape index (κ2) is 11.8. The minimum absolute atomic E-state index is 0.179. The average Bonchev–Trinajstić information content (AvgIpc) is 2.72. The van der Waals surface area contributed by atoms with Crippen molar-refractivity contribution in [2.45, 2.75) is 36.2 Å². The Labute approximate surface area is 187 Å². The van der Waals surface area contributed by atoms with Crippen LogP contribution in [0.1, 0.15) is 25.7 Å². The minimum atomic E-state index is -7.13. The number of hydrogen-bond donors (Lipinski definition) is 0. The van der Waals surface area contributed by atoms with Gasteiger partial charge in [-0.25, -0.2) is 8.78 Å². The van der Waals surface area contributed by atoms with E-state index >= 15 is 0 Å². The molecule has 0 aliphatic carbocycles. The monoisotopic (exact) mass is 556 g/mol. The molecule has 4 amide bonds. The molecule has 0 aromatic carbocycles. The fourth-order valence-corrected chi connectivity index (χ4v) is 2.88. The Balaban J connectivity index is 5.45. The molecular formula is C14H16F8N2O8S2. The molecule has 0 rings (SSSR count). The molecule has 0 aromatic rings. The number of rotatable bonds is 13. The van der Waals surface area contributed by atoms with Crippen LogP contribution in [0.3, 0.4) is 0 Å². The topological polar surface area (TPSA) is 143 Å². The van der Waals surface area contributed by atoms with Crippen molar-refractivity contribution in [2.75, 3.05) is 26.4 Å². The molecule has 0 saturated carbocycles. The van der Waals surface area contributed by atoms with Gasteiger partial charge in [-0.2, -0.15) is 34.4 Å². The Kier molecular flexibility index (Phi) is 11.0. The lowest BCUT2D eigenvalue weighted by atomic mass is 10.1. The summed E-state index contributed by atoms with van der Waals surface area (Å²) >= 11 is 0. The summed E-state index contributed by atoms with van der Waals surface area (Å²) in [6.07, 6.45) is -1.50. The number of amides is 4. The third-order valence-corrected chi connectivity index (χ3v) is 5.52. The average molecular weight is 556 g/mol. The highest BCUT2D eigenvalue weighted by Gasteiger charge is 2.62. The van der Waals surface area contributed by atoms with Crippen molar-refractivity contribution in [1.29, 1.82) is 0 Å². The van der Waals surface area contributed by atoms with Gasteiger partial charge in [0.15, 0.2) is 13.3 Å². The largest absolute Gasteiger partial charge is 0.451 e. The van der Waals surface area contributed by atoms with Crippen LogP contribution in [0.2, 0.25) is 0 Å². The van der Waals surface area contributed by atoms with Gasteiger partial charge in [-0.1, -0.05) is 20.6 Å². The molecule has 20 heteroatoms. The highest BCUT2D eigenvalue weighted by atomic mass is 32.3. The zero-order valence-electron chi connectivity index (χ0n) is 16.7. The molecule has 0 N–H and O–H groups in total. The van der Waals surface area contributed by atoms with Crippen LogP contribution in [-0.4, -0.2) is 87.2 Å². The number of carbonyl (C=O) groups excluding carboxylic acids is 4. The lowest BCUT2D eigenvalue weighted by Crippen LogP contribution is -2.55. The summed E-state index contributed by atoms with van der Waals surface area (Å²) < 4.78 is 146. The van der Waals surface area contributed by atoms with E-state index in [1.165, 1.54) is 0 Å². The van der Waals surface area contributed by atoms with Crippen LogP contribution in [0.5, 0.6) is 0 Å². The fourth-order valence-electron chi connectivity index (χ4n) is 2.24. The summed E-state index contributed by atoms with van der Waals surface area (Å²) in [6, 6.07) is 0. The molecule has 0 fully saturated rings. The third-order valence-electron chi connectivity index (χ3n) is 3.94. The SMILES string of the molecule is O=C(CF)N(CCCCCCN(C(=O)C(F)(F)S(=O)(=O)F)C(=O)C(F)(F)S(=O)(=O)F)C(=O)CF. The van der Waals surface area contributed by atoms with Crippen molar-refractivity contribution >= 4 is 44.1 Å². The van der Waals surface area contributed by atoms with Gasteiger partial charge in [-0.05, 0) is 12.8 Å². The van der Waals surface area contributed by atoms with Crippen LogP contribution in [0, 0.1) is 0 Å². The van der Waals surface area contributed by atoms with Gasteiger partial charge in [0, 0.05) is 13.1 Å². The highest BCUT2D eigenvalue weighted by Crippen LogP contribution is 2.31. The van der Waals surface area contributed by atoms with E-state index in [0.717, 1.165) is 0 Å². The van der Waals surface area contributed by atoms with E-state index in [9.17, 15) is 70.1 Å². The molecule has 0 aliphatic heterocycles. The quantitative estimate of drug-likeness (QED) is 0.186. The number of unbranched alkanes of at least 4 members (excludes halogenated alkanes) is 3. The summed E-state index contributed by atoms with van der Waals surface area (Å²) in [5.41, 5.74) is 0. The van der Waals surface area contributed by atoms with Gasteiger partial charge in [-0.3, -0.25) is 29.0 Å². The first-order chi connectivity index (χ1) is 15.3. The number of nitrogens with zero attached hydrogens (tertiary/aromatic N) is 2. The van der Waals surface area contributed by atoms with E-state index < -0.39 is 92.3 Å². The Morgan fingerprint density at radius 2 is 0.882 bits per heavy atom. The molecule has 0 aromatic heterocycles. The van der Waals surface area contributed by atoms with Crippen molar-refractivity contribution in [3.63, 3.8) is 0 Å². The van der Waals surface area contributed by atoms with E-state index in [0.29, 0.717) is 0 Å². The molecule has 0 bridgehead atoms. The van der Waals surface area contributed by atoms with Gasteiger partial charge in [0.2, 0.25) is 0 Å². The lowest BCUT2D eigenvalue weighted by molar-refractivity contribution is -0.163. The maximum atomic E-state index is 13.4. The molecule has 0 aliphatic rings. The maximum absolute atomic E-state index is 13.4. The molecule has 0 radical (unpaired) electrons. The second-order valence-electron chi connectivity index (χ2n) is 6.29. The van der Waals surface area contributed by atoms with Gasteiger partial charge in [0.05, 0.1) is 0 Å². The van der Waals surface area contributed by atoms with Gasteiger partial charge in [0.25, 0.3) is 11.8 Å². The van der Waals surface area contributed by atoms with E-state index in [1.807, 2.05) is 0 Å². The highest BCUT2D eigenvalue weighted by molar-refractivity contribution is 7.88. The van der Waals surface area contributed by atoms with E-state index in [4.69, 9.17) is 0 Å². The summed E-state index contributed by atoms with van der Waals surface area (Å²) in [7, 11) is -14.3. The van der Waals surface area contributed by atoms with Crippen LogP contribution >= 0.6 is 0 Å². The van der Waals surface area contributed by atoms with Gasteiger partial charge >= 0.3 is 42.8 Å². The van der Waals surface area contributed by atoms with E-state index in [-0.39, 0.29) is 24.2 Å². The molecule has 0 heterocycles. The number of carbonyl (C=O) groups is 4. The summed E-state index contributed by atoms with van der Waals surface area (Å²) in [5, 5.41) is -12.2. The number of imide groups is 2. The van der Waals surface area contributed by atoms with Crippen LogP contribution in [0.25, 0.3) is 0 Å². The lowest BCUT2D eigenvalue weighted by Gasteiger charge is -2.25. The van der Waals surface area contributed by atoms with Crippen molar-refractivity contribution in [3.05, 3.63) is 0 Å². The first-order valence-electron chi connectivity index (χ1n) is 8.72. The second-order valence-corrected chi connectivity index (χ2v) is 9.07. The summed E-state index contributed by atoms with van der Waals surface area (Å²) in [4.78, 5) is 44.4. The molecule has 34 heavy (non-hydrogen) atoms. The minimum Gasteiger partial charge on any atom is -0.278 e. The predicted molar refractivity (Wildman–Crippen MR) is 93.8 cm³/mol. The van der Waals surface area contributed by atoms with Crippen molar-refractivity contribution in [2.24, 2.45) is 0 Å². The standard InChI is InChI=1S/C14H16F8N2O8S2/c15-7-9(25)23(10(26)8-16)5-3-1-2-4-6-24(11(27)13(17,18)33(21,29)30)12(28)14(19,20)34(22,31)32/h1-8H2. The predicted octanol–water partition coefficient (Wildman–Crippen LogP) is 0.980. The summed E-state index contributed by atoms with van der Waals surface area (Å²) in [6.45, 7) is -5.42. The van der Waals surface area contributed by atoms with Crippen molar-refractivity contribution in [1.82, 2.24) is 9.80 Å². The molecule has 198 valence electrons. The third kappa shape index (κ3) is 7.57. The number of alkyl halides is 6. The Hall–Kier alpha value is -2.38. The van der Waals surface area contributed by atoms with Crippen LogP contribution in [-0.2, 0) is 39.6 Å². The van der Waals surface area contributed by atoms with Crippen molar-refractivity contribution in [3.8, 4) is 0 Å². The smallest absolute Gasteiger partial charge is 0.278 e. The van der Waals surface area contributed by atoms with E-state index in [1.54, 1.807) is 0 Å². The zero-order chi connectivity index (χ0) is 27.1. The summed E-state index contributed by atoms with van der Waals surface area (Å²) in [5.74, 6) is -9.63. The van der Waals surface area contributed by atoms with Crippen molar-refractivity contribution < 1.29 is 70.1 Å².